The molecule has 1 aliphatic rings. The second kappa shape index (κ2) is 9.83. The van der Waals surface area contributed by atoms with E-state index in [1.54, 1.807) is 37.4 Å². The van der Waals surface area contributed by atoms with Crippen LogP contribution in [0.25, 0.3) is 5.57 Å². The van der Waals surface area contributed by atoms with Crippen molar-refractivity contribution in [2.75, 3.05) is 23.9 Å². The largest absolute Gasteiger partial charge is 0.497 e. The normalized spacial score (nSPS) is 13.5. The Hall–Kier alpha value is -4.06. The van der Waals surface area contributed by atoms with Crippen molar-refractivity contribution in [3.8, 4) is 11.5 Å². The molecular weight excluding hydrogens is 428 g/mol. The van der Waals surface area contributed by atoms with Crippen LogP contribution in [-0.2, 0) is 9.59 Å². The minimum atomic E-state index is -0.399. The molecule has 0 unspecified atom stereocenters. The molecule has 0 saturated carbocycles. The Labute approximate surface area is 199 Å². The van der Waals surface area contributed by atoms with Crippen molar-refractivity contribution in [1.29, 1.82) is 0 Å². The molecule has 1 aliphatic heterocycles. The highest BCUT2D eigenvalue weighted by atomic mass is 16.5. The first-order valence-corrected chi connectivity index (χ1v) is 11.3. The van der Waals surface area contributed by atoms with Crippen LogP contribution in [0.5, 0.6) is 11.5 Å². The summed E-state index contributed by atoms with van der Waals surface area (Å²) in [4.78, 5) is 28.6. The third kappa shape index (κ3) is 4.39. The first-order valence-electron chi connectivity index (χ1n) is 11.3. The number of hydrogen-bond donors (Lipinski definition) is 1. The average Bonchev–Trinajstić information content (AvgIpc) is 3.09. The molecule has 3 aromatic carbocycles. The van der Waals surface area contributed by atoms with Gasteiger partial charge in [-0.15, -0.1) is 0 Å². The van der Waals surface area contributed by atoms with Gasteiger partial charge in [0.05, 0.1) is 25.0 Å². The monoisotopic (exact) mass is 456 g/mol. The first-order chi connectivity index (χ1) is 16.4. The molecule has 0 aromatic heterocycles. The molecule has 0 saturated heterocycles. The van der Waals surface area contributed by atoms with Crippen LogP contribution in [0, 0.1) is 13.8 Å². The molecule has 0 atom stereocenters. The van der Waals surface area contributed by atoms with Crippen molar-refractivity contribution < 1.29 is 19.1 Å². The van der Waals surface area contributed by atoms with Crippen molar-refractivity contribution in [1.82, 2.24) is 0 Å². The molecule has 0 aliphatic carbocycles. The highest BCUT2D eigenvalue weighted by Gasteiger charge is 2.41. The van der Waals surface area contributed by atoms with Crippen LogP contribution in [0.4, 0.5) is 11.4 Å². The zero-order valence-corrected chi connectivity index (χ0v) is 19.8. The molecule has 0 fully saturated rings. The minimum Gasteiger partial charge on any atom is -0.497 e. The molecule has 2 amide bonds. The van der Waals surface area contributed by atoms with Crippen molar-refractivity contribution in [3.05, 3.63) is 89.1 Å². The predicted molar refractivity (Wildman–Crippen MR) is 134 cm³/mol. The van der Waals surface area contributed by atoms with Crippen molar-refractivity contribution in [2.45, 2.75) is 27.2 Å². The Balaban J connectivity index is 1.79. The van der Waals surface area contributed by atoms with Crippen LogP contribution >= 0.6 is 0 Å². The summed E-state index contributed by atoms with van der Waals surface area (Å²) in [6.45, 7) is 6.51. The summed E-state index contributed by atoms with van der Waals surface area (Å²) in [7, 11) is 1.58. The van der Waals surface area contributed by atoms with Gasteiger partial charge >= 0.3 is 0 Å². The quantitative estimate of drug-likeness (QED) is 0.454. The van der Waals surface area contributed by atoms with Crippen LogP contribution < -0.4 is 19.7 Å². The van der Waals surface area contributed by atoms with Crippen LogP contribution in [0.3, 0.4) is 0 Å². The van der Waals surface area contributed by atoms with Gasteiger partial charge in [0.2, 0.25) is 0 Å². The van der Waals surface area contributed by atoms with E-state index >= 15 is 0 Å². The minimum absolute atomic E-state index is 0.226. The van der Waals surface area contributed by atoms with Gasteiger partial charge in [0, 0.05) is 11.8 Å². The summed E-state index contributed by atoms with van der Waals surface area (Å²) in [5.74, 6) is 0.596. The summed E-state index contributed by atoms with van der Waals surface area (Å²) in [6.07, 6.45) is 0.891. The number of imide groups is 1. The maximum Gasteiger partial charge on any atom is 0.282 e. The van der Waals surface area contributed by atoms with Crippen LogP contribution in [0.15, 0.2) is 72.4 Å². The number of carbonyl (C=O) groups is 2. The first kappa shape index (κ1) is 23.1. The zero-order valence-electron chi connectivity index (χ0n) is 19.8. The van der Waals surface area contributed by atoms with Gasteiger partial charge in [-0.05, 0) is 67.3 Å². The third-order valence-electron chi connectivity index (χ3n) is 5.86. The number of carbonyl (C=O) groups excluding carboxylic acids is 2. The number of rotatable bonds is 8. The van der Waals surface area contributed by atoms with Crippen LogP contribution in [-0.4, -0.2) is 25.5 Å². The number of nitrogens with one attached hydrogen (secondary N) is 1. The van der Waals surface area contributed by atoms with E-state index in [0.717, 1.165) is 17.5 Å². The van der Waals surface area contributed by atoms with E-state index in [1.165, 1.54) is 4.90 Å². The van der Waals surface area contributed by atoms with Gasteiger partial charge in [0.25, 0.3) is 11.8 Å². The standard InChI is InChI=1S/C28H28N2O4/c1-5-16-34-23-10-7-9-21(17-23)29-26-25(20-12-14-22(33-4)15-13-20)27(31)30(28(26)32)24-11-6-8-18(2)19(24)3/h6-15,17,29H,5,16H2,1-4H3. The molecule has 6 nitrogen and oxygen atoms in total. The average molecular weight is 457 g/mol. The van der Waals surface area contributed by atoms with Gasteiger partial charge in [-0.25, -0.2) is 4.90 Å². The summed E-state index contributed by atoms with van der Waals surface area (Å²) in [6, 6.07) is 20.1. The number of nitrogens with zero attached hydrogens (tertiary/aromatic N) is 1. The third-order valence-corrected chi connectivity index (χ3v) is 5.86. The van der Waals surface area contributed by atoms with E-state index in [2.05, 4.69) is 5.32 Å². The summed E-state index contributed by atoms with van der Waals surface area (Å²) in [5, 5.41) is 3.21. The molecule has 0 bridgehead atoms. The van der Waals surface area contributed by atoms with E-state index < -0.39 is 5.91 Å². The molecule has 34 heavy (non-hydrogen) atoms. The number of methoxy groups -OCH3 is 1. The predicted octanol–water partition coefficient (Wildman–Crippen LogP) is 5.50. The molecule has 1 heterocycles. The molecule has 174 valence electrons. The molecule has 4 rings (SSSR count). The van der Waals surface area contributed by atoms with Crippen molar-refractivity contribution in [2.24, 2.45) is 0 Å². The van der Waals surface area contributed by atoms with Gasteiger partial charge in [0.15, 0.2) is 0 Å². The Morgan fingerprint density at radius 1 is 0.882 bits per heavy atom. The van der Waals surface area contributed by atoms with E-state index in [-0.39, 0.29) is 11.6 Å². The van der Waals surface area contributed by atoms with E-state index in [1.807, 2.05) is 57.2 Å². The number of hydrogen-bond acceptors (Lipinski definition) is 5. The lowest BCUT2D eigenvalue weighted by atomic mass is 10.0. The molecule has 3 aromatic rings. The fourth-order valence-corrected chi connectivity index (χ4v) is 3.90. The lowest BCUT2D eigenvalue weighted by Crippen LogP contribution is -2.33. The number of amides is 2. The molecular formula is C28H28N2O4. The zero-order chi connectivity index (χ0) is 24.2. The van der Waals surface area contributed by atoms with Gasteiger partial charge in [-0.1, -0.05) is 37.3 Å². The van der Waals surface area contributed by atoms with Gasteiger partial charge < -0.3 is 14.8 Å². The summed E-state index contributed by atoms with van der Waals surface area (Å²) in [5.41, 5.74) is 4.31. The van der Waals surface area contributed by atoms with Crippen molar-refractivity contribution >= 4 is 28.8 Å². The summed E-state index contributed by atoms with van der Waals surface area (Å²) >= 11 is 0. The number of aryl methyl sites for hydroxylation is 1. The SMILES string of the molecule is CCCOc1cccc(NC2=C(c3ccc(OC)cc3)C(=O)N(c3cccc(C)c3C)C2=O)c1. The highest BCUT2D eigenvalue weighted by molar-refractivity contribution is 6.46. The fourth-order valence-electron chi connectivity index (χ4n) is 3.90. The van der Waals surface area contributed by atoms with Gasteiger partial charge in [-0.3, -0.25) is 9.59 Å². The van der Waals surface area contributed by atoms with E-state index in [0.29, 0.717) is 40.6 Å². The maximum atomic E-state index is 13.7. The van der Waals surface area contributed by atoms with Gasteiger partial charge in [0.1, 0.15) is 17.2 Å². The number of anilines is 2. The fraction of sp³-hybridized carbons (Fsp3) is 0.214. The smallest absolute Gasteiger partial charge is 0.282 e. The number of benzene rings is 3. The van der Waals surface area contributed by atoms with Gasteiger partial charge in [-0.2, -0.15) is 0 Å². The summed E-state index contributed by atoms with van der Waals surface area (Å²) < 4.78 is 11.0. The Bertz CT molecular complexity index is 1260. The van der Waals surface area contributed by atoms with E-state index in [4.69, 9.17) is 9.47 Å². The topological polar surface area (TPSA) is 67.9 Å². The van der Waals surface area contributed by atoms with Crippen LogP contribution in [0.1, 0.15) is 30.0 Å². The molecule has 0 radical (unpaired) electrons. The van der Waals surface area contributed by atoms with Crippen molar-refractivity contribution in [3.63, 3.8) is 0 Å². The lowest BCUT2D eigenvalue weighted by Gasteiger charge is -2.19. The second-order valence-corrected chi connectivity index (χ2v) is 8.14. The lowest BCUT2D eigenvalue weighted by molar-refractivity contribution is -0.120. The van der Waals surface area contributed by atoms with E-state index in [9.17, 15) is 9.59 Å². The molecule has 6 heteroatoms. The second-order valence-electron chi connectivity index (χ2n) is 8.14. The highest BCUT2D eigenvalue weighted by Crippen LogP contribution is 2.36. The molecule has 1 N–H and O–H groups in total. The van der Waals surface area contributed by atoms with Crippen LogP contribution in [0.2, 0.25) is 0 Å². The Kier molecular flexibility index (Phi) is 6.68. The molecule has 0 spiro atoms. The maximum absolute atomic E-state index is 13.7. The Morgan fingerprint density at radius 3 is 2.32 bits per heavy atom. The number of ether oxygens (including phenoxy) is 2. The Morgan fingerprint density at radius 2 is 1.62 bits per heavy atom.